The summed E-state index contributed by atoms with van der Waals surface area (Å²) in [6.45, 7) is 7.80. The Morgan fingerprint density at radius 2 is 1.87 bits per heavy atom. The van der Waals surface area contributed by atoms with Crippen LogP contribution in [-0.4, -0.2) is 22.7 Å². The van der Waals surface area contributed by atoms with E-state index in [1.54, 1.807) is 0 Å². The maximum atomic E-state index is 13.1. The molecule has 0 heterocycles. The normalized spacial score (nSPS) is 43.4. The van der Waals surface area contributed by atoms with E-state index >= 15 is 0 Å². The first-order chi connectivity index (χ1) is 14.3. The summed E-state index contributed by atoms with van der Waals surface area (Å²) in [6.07, 6.45) is 5.95. The Balaban J connectivity index is 1.49. The molecule has 1 N–H and O–H groups in total. The number of carbonyl (C=O) groups is 1. The SMILES string of the molecule is C[C@H](CCC(C)(O)C(F)(F)F)[C@H]1CC[C@H]2[C@@H]3CC=C4CC(=O)CC[C@]4(C)[C@H]3CC[C@]12C. The van der Waals surface area contributed by atoms with Gasteiger partial charge in [0.1, 0.15) is 5.78 Å². The van der Waals surface area contributed by atoms with Crippen LogP contribution >= 0.6 is 0 Å². The number of carbonyl (C=O) groups excluding carboxylic acids is 1. The highest BCUT2D eigenvalue weighted by Gasteiger charge is 2.59. The van der Waals surface area contributed by atoms with Crippen molar-refractivity contribution in [2.75, 3.05) is 0 Å². The highest BCUT2D eigenvalue weighted by atomic mass is 19.4. The Bertz CT molecular complexity index is 754. The van der Waals surface area contributed by atoms with Crippen LogP contribution in [0.3, 0.4) is 0 Å². The van der Waals surface area contributed by atoms with Gasteiger partial charge >= 0.3 is 6.18 Å². The summed E-state index contributed by atoms with van der Waals surface area (Å²) < 4.78 is 39.3. The van der Waals surface area contributed by atoms with E-state index in [-0.39, 0.29) is 23.2 Å². The zero-order valence-electron chi connectivity index (χ0n) is 19.5. The van der Waals surface area contributed by atoms with Crippen LogP contribution in [0.2, 0.25) is 0 Å². The quantitative estimate of drug-likeness (QED) is 0.485. The summed E-state index contributed by atoms with van der Waals surface area (Å²) in [6, 6.07) is 0. The molecular weight excluding hydrogens is 401 g/mol. The third-order valence-corrected chi connectivity index (χ3v) is 10.4. The zero-order valence-corrected chi connectivity index (χ0v) is 19.5. The van der Waals surface area contributed by atoms with E-state index in [0.717, 1.165) is 32.6 Å². The van der Waals surface area contributed by atoms with Crippen molar-refractivity contribution in [3.8, 4) is 0 Å². The van der Waals surface area contributed by atoms with Crippen LogP contribution in [0.15, 0.2) is 11.6 Å². The number of ketones is 1. The molecule has 5 heteroatoms. The van der Waals surface area contributed by atoms with Gasteiger partial charge < -0.3 is 5.11 Å². The minimum atomic E-state index is -4.57. The van der Waals surface area contributed by atoms with Gasteiger partial charge in [-0.1, -0.05) is 32.4 Å². The summed E-state index contributed by atoms with van der Waals surface area (Å²) >= 11 is 0. The molecule has 4 aliphatic carbocycles. The topological polar surface area (TPSA) is 37.3 Å². The van der Waals surface area contributed by atoms with Gasteiger partial charge in [-0.3, -0.25) is 4.79 Å². The molecular formula is C26H39F3O2. The van der Waals surface area contributed by atoms with Crippen molar-refractivity contribution in [3.05, 3.63) is 11.6 Å². The van der Waals surface area contributed by atoms with E-state index in [9.17, 15) is 23.1 Å². The lowest BCUT2D eigenvalue weighted by Crippen LogP contribution is -2.50. The lowest BCUT2D eigenvalue weighted by atomic mass is 9.47. The average molecular weight is 441 g/mol. The van der Waals surface area contributed by atoms with Gasteiger partial charge in [-0.25, -0.2) is 0 Å². The molecule has 0 aromatic heterocycles. The van der Waals surface area contributed by atoms with Gasteiger partial charge in [0.25, 0.3) is 0 Å². The second-order valence-corrected chi connectivity index (χ2v) is 12.0. The van der Waals surface area contributed by atoms with Crippen LogP contribution in [-0.2, 0) is 4.79 Å². The molecule has 0 aromatic carbocycles. The summed E-state index contributed by atoms with van der Waals surface area (Å²) in [5.41, 5.74) is -0.884. The fraction of sp³-hybridized carbons (Fsp3) is 0.885. The summed E-state index contributed by atoms with van der Waals surface area (Å²) in [4.78, 5) is 12.0. The Morgan fingerprint density at radius 3 is 2.55 bits per heavy atom. The van der Waals surface area contributed by atoms with E-state index < -0.39 is 11.8 Å². The van der Waals surface area contributed by atoms with Crippen LogP contribution in [0.25, 0.3) is 0 Å². The number of alkyl halides is 3. The second-order valence-electron chi connectivity index (χ2n) is 12.0. The highest BCUT2D eigenvalue weighted by molar-refractivity contribution is 5.82. The predicted molar refractivity (Wildman–Crippen MR) is 115 cm³/mol. The largest absolute Gasteiger partial charge is 0.416 e. The first kappa shape index (κ1) is 23.3. The van der Waals surface area contributed by atoms with Crippen molar-refractivity contribution in [1.82, 2.24) is 0 Å². The third-order valence-electron chi connectivity index (χ3n) is 10.4. The molecule has 0 radical (unpaired) electrons. The number of fused-ring (bicyclic) bond motifs is 5. The molecule has 4 rings (SSSR count). The van der Waals surface area contributed by atoms with Crippen molar-refractivity contribution in [3.63, 3.8) is 0 Å². The Labute approximate surface area is 185 Å². The van der Waals surface area contributed by atoms with Crippen LogP contribution in [0.1, 0.15) is 91.9 Å². The summed E-state index contributed by atoms with van der Waals surface area (Å²) in [5.74, 6) is 2.88. The summed E-state index contributed by atoms with van der Waals surface area (Å²) in [7, 11) is 0. The lowest BCUT2D eigenvalue weighted by Gasteiger charge is -2.58. The molecule has 8 atom stereocenters. The standard InChI is InChI=1S/C26H39F3O2/c1-16(9-14-25(4,31)26(27,28)29)20-7-8-21-19-6-5-17-15-18(30)10-12-23(17,2)22(19)11-13-24(20,21)3/h5,16,19-22,31H,6-15H2,1-4H3/t16-,19+,20-,21+,22+,23+,24-,25?/m1/s1. The minimum Gasteiger partial charge on any atom is -0.381 e. The zero-order chi connectivity index (χ0) is 22.8. The van der Waals surface area contributed by atoms with E-state index in [1.807, 2.05) is 0 Å². The van der Waals surface area contributed by atoms with Gasteiger partial charge in [-0.2, -0.15) is 13.2 Å². The van der Waals surface area contributed by atoms with E-state index in [1.165, 1.54) is 18.4 Å². The van der Waals surface area contributed by atoms with E-state index in [0.29, 0.717) is 48.7 Å². The summed E-state index contributed by atoms with van der Waals surface area (Å²) in [5, 5.41) is 9.90. The Hall–Kier alpha value is -0.840. The Kier molecular flexibility index (Phi) is 5.72. The van der Waals surface area contributed by atoms with Crippen molar-refractivity contribution in [2.24, 2.45) is 40.4 Å². The smallest absolute Gasteiger partial charge is 0.381 e. The van der Waals surface area contributed by atoms with E-state index in [2.05, 4.69) is 26.8 Å². The molecule has 1 unspecified atom stereocenters. The molecule has 3 fully saturated rings. The van der Waals surface area contributed by atoms with Crippen molar-refractivity contribution >= 4 is 5.78 Å². The molecule has 3 saturated carbocycles. The molecule has 0 spiro atoms. The number of allylic oxidation sites excluding steroid dienone is 2. The number of hydrogen-bond donors (Lipinski definition) is 1. The van der Waals surface area contributed by atoms with E-state index in [4.69, 9.17) is 0 Å². The molecule has 31 heavy (non-hydrogen) atoms. The van der Waals surface area contributed by atoms with Gasteiger partial charge in [0.2, 0.25) is 0 Å². The lowest BCUT2D eigenvalue weighted by molar-refractivity contribution is -0.256. The number of hydrogen-bond acceptors (Lipinski definition) is 2. The third kappa shape index (κ3) is 3.71. The van der Waals surface area contributed by atoms with Gasteiger partial charge in [-0.05, 0) is 98.7 Å². The molecule has 2 nitrogen and oxygen atoms in total. The van der Waals surface area contributed by atoms with Crippen molar-refractivity contribution in [2.45, 2.75) is 104 Å². The molecule has 4 aliphatic rings. The number of Topliss-reactive ketones (excluding diaryl/α,β-unsaturated/α-hetero) is 1. The number of aliphatic hydroxyl groups is 1. The van der Waals surface area contributed by atoms with Crippen LogP contribution in [0.5, 0.6) is 0 Å². The Morgan fingerprint density at radius 1 is 1.16 bits per heavy atom. The van der Waals surface area contributed by atoms with Crippen LogP contribution in [0.4, 0.5) is 13.2 Å². The minimum absolute atomic E-state index is 0.160. The second kappa shape index (κ2) is 7.60. The van der Waals surface area contributed by atoms with Gasteiger partial charge in [0, 0.05) is 12.8 Å². The van der Waals surface area contributed by atoms with Gasteiger partial charge in [-0.15, -0.1) is 0 Å². The molecule has 0 aliphatic heterocycles. The van der Waals surface area contributed by atoms with Crippen LogP contribution < -0.4 is 0 Å². The average Bonchev–Trinajstić information content (AvgIpc) is 3.03. The molecule has 176 valence electrons. The molecule has 0 saturated heterocycles. The fourth-order valence-corrected chi connectivity index (χ4v) is 8.30. The molecule has 0 bridgehead atoms. The number of halogens is 3. The maximum Gasteiger partial charge on any atom is 0.416 e. The molecule has 0 amide bonds. The molecule has 0 aromatic rings. The number of rotatable bonds is 4. The van der Waals surface area contributed by atoms with Gasteiger partial charge in [0.05, 0.1) is 0 Å². The highest BCUT2D eigenvalue weighted by Crippen LogP contribution is 2.67. The van der Waals surface area contributed by atoms with Crippen molar-refractivity contribution < 1.29 is 23.1 Å². The predicted octanol–water partition coefficient (Wildman–Crippen LogP) is 6.86. The van der Waals surface area contributed by atoms with Crippen LogP contribution in [0, 0.1) is 40.4 Å². The fourth-order valence-electron chi connectivity index (χ4n) is 8.30. The van der Waals surface area contributed by atoms with Crippen molar-refractivity contribution in [1.29, 1.82) is 0 Å². The first-order valence-electron chi connectivity index (χ1n) is 12.3. The first-order valence-corrected chi connectivity index (χ1v) is 12.3. The monoisotopic (exact) mass is 440 g/mol. The maximum absolute atomic E-state index is 13.1. The van der Waals surface area contributed by atoms with Gasteiger partial charge in [0.15, 0.2) is 5.60 Å².